The van der Waals surface area contributed by atoms with Gasteiger partial charge in [-0.2, -0.15) is 0 Å². The van der Waals surface area contributed by atoms with Gasteiger partial charge in [0.2, 0.25) is 5.91 Å². The molecule has 2 rings (SSSR count). The van der Waals surface area contributed by atoms with Crippen LogP contribution in [0.4, 0.5) is 0 Å². The molecule has 5 heteroatoms. The number of nitrogens with two attached hydrogens (primary N) is 1. The summed E-state index contributed by atoms with van der Waals surface area (Å²) in [6.45, 7) is 8.59. The van der Waals surface area contributed by atoms with Gasteiger partial charge in [-0.15, -0.1) is 0 Å². The lowest BCUT2D eigenvalue weighted by molar-refractivity contribution is -0.129. The Hall–Kier alpha value is -0.650. The first-order valence-corrected chi connectivity index (χ1v) is 7.99. The topological polar surface area (TPSA) is 67.6 Å². The Balaban J connectivity index is 1.79. The van der Waals surface area contributed by atoms with E-state index in [1.807, 2.05) is 0 Å². The van der Waals surface area contributed by atoms with Crippen LogP contribution >= 0.6 is 0 Å². The molecule has 4 unspecified atom stereocenters. The van der Waals surface area contributed by atoms with E-state index in [2.05, 4.69) is 24.1 Å². The number of ether oxygens (including phenoxy) is 1. The number of carbonyl (C=O) groups is 1. The number of likely N-dealkylation sites (N-methyl/N-ethyl adjacent to an activating group) is 1. The van der Waals surface area contributed by atoms with Crippen LogP contribution in [0.5, 0.6) is 0 Å². The summed E-state index contributed by atoms with van der Waals surface area (Å²) in [5.41, 5.74) is 6.12. The first kappa shape index (κ1) is 15.7. The van der Waals surface area contributed by atoms with Gasteiger partial charge in [0, 0.05) is 25.7 Å². The van der Waals surface area contributed by atoms with Crippen LogP contribution in [0.15, 0.2) is 0 Å². The van der Waals surface area contributed by atoms with Gasteiger partial charge in [0.15, 0.2) is 0 Å². The molecule has 4 atom stereocenters. The highest BCUT2D eigenvalue weighted by molar-refractivity contribution is 5.79. The number of rotatable bonds is 4. The lowest BCUT2D eigenvalue weighted by Crippen LogP contribution is -2.51. The molecule has 116 valence electrons. The van der Waals surface area contributed by atoms with Crippen molar-refractivity contribution < 1.29 is 9.53 Å². The SMILES string of the molecule is CCN1CCOC(CNC(=O)C2C(C)CCCC2N)C1. The van der Waals surface area contributed by atoms with Crippen molar-refractivity contribution in [1.29, 1.82) is 0 Å². The fourth-order valence-electron chi connectivity index (χ4n) is 3.43. The highest BCUT2D eigenvalue weighted by Gasteiger charge is 2.34. The van der Waals surface area contributed by atoms with E-state index in [-0.39, 0.29) is 24.0 Å². The molecule has 0 aromatic rings. The molecule has 5 nitrogen and oxygen atoms in total. The molecular formula is C15H29N3O2. The van der Waals surface area contributed by atoms with Crippen LogP contribution in [0.2, 0.25) is 0 Å². The first-order chi connectivity index (χ1) is 9.61. The summed E-state index contributed by atoms with van der Waals surface area (Å²) in [5, 5.41) is 3.06. The molecule has 3 N–H and O–H groups in total. The Labute approximate surface area is 122 Å². The third-order valence-electron chi connectivity index (χ3n) is 4.75. The predicted molar refractivity (Wildman–Crippen MR) is 79.3 cm³/mol. The van der Waals surface area contributed by atoms with Crippen LogP contribution in [0, 0.1) is 11.8 Å². The Morgan fingerprint density at radius 1 is 1.45 bits per heavy atom. The summed E-state index contributed by atoms with van der Waals surface area (Å²) in [6.07, 6.45) is 3.33. The molecule has 0 radical (unpaired) electrons. The lowest BCUT2D eigenvalue weighted by atomic mass is 9.76. The Bertz CT molecular complexity index is 314. The maximum atomic E-state index is 12.4. The number of amides is 1. The summed E-state index contributed by atoms with van der Waals surface area (Å²) < 4.78 is 5.71. The summed E-state index contributed by atoms with van der Waals surface area (Å²) >= 11 is 0. The number of hydrogen-bond donors (Lipinski definition) is 2. The third-order valence-corrected chi connectivity index (χ3v) is 4.75. The molecule has 1 saturated carbocycles. The molecule has 2 aliphatic rings. The average molecular weight is 283 g/mol. The van der Waals surface area contributed by atoms with Gasteiger partial charge in [0.1, 0.15) is 0 Å². The zero-order valence-electron chi connectivity index (χ0n) is 12.8. The van der Waals surface area contributed by atoms with Gasteiger partial charge in [-0.1, -0.05) is 20.3 Å². The van der Waals surface area contributed by atoms with Gasteiger partial charge >= 0.3 is 0 Å². The van der Waals surface area contributed by atoms with Crippen LogP contribution < -0.4 is 11.1 Å². The molecule has 2 fully saturated rings. The van der Waals surface area contributed by atoms with E-state index >= 15 is 0 Å². The van der Waals surface area contributed by atoms with E-state index in [4.69, 9.17) is 10.5 Å². The van der Waals surface area contributed by atoms with Crippen molar-refractivity contribution in [3.8, 4) is 0 Å². The molecule has 20 heavy (non-hydrogen) atoms. The predicted octanol–water partition coefficient (Wildman–Crippen LogP) is 0.587. The second kappa shape index (κ2) is 7.38. The minimum absolute atomic E-state index is 0.0122. The third kappa shape index (κ3) is 3.93. The van der Waals surface area contributed by atoms with Crippen molar-refractivity contribution >= 4 is 5.91 Å². The second-order valence-corrected chi connectivity index (χ2v) is 6.23. The fraction of sp³-hybridized carbons (Fsp3) is 0.933. The minimum Gasteiger partial charge on any atom is -0.374 e. The lowest BCUT2D eigenvalue weighted by Gasteiger charge is -2.35. The molecule has 0 aromatic heterocycles. The number of nitrogens with one attached hydrogen (secondary N) is 1. The normalized spacial score (nSPS) is 35.8. The minimum atomic E-state index is -0.0328. The summed E-state index contributed by atoms with van der Waals surface area (Å²) in [6, 6.07) is 0.0122. The van der Waals surface area contributed by atoms with Crippen LogP contribution in [-0.2, 0) is 9.53 Å². The van der Waals surface area contributed by atoms with Crippen LogP contribution in [0.1, 0.15) is 33.1 Å². The van der Waals surface area contributed by atoms with E-state index in [0.717, 1.165) is 45.5 Å². The molecule has 0 aromatic carbocycles. The Kier molecular flexibility index (Phi) is 5.81. The zero-order chi connectivity index (χ0) is 14.5. The Morgan fingerprint density at radius 2 is 2.25 bits per heavy atom. The van der Waals surface area contributed by atoms with Crippen LogP contribution in [0.25, 0.3) is 0 Å². The van der Waals surface area contributed by atoms with E-state index < -0.39 is 0 Å². The molecule has 0 spiro atoms. The highest BCUT2D eigenvalue weighted by atomic mass is 16.5. The maximum absolute atomic E-state index is 12.4. The maximum Gasteiger partial charge on any atom is 0.225 e. The zero-order valence-corrected chi connectivity index (χ0v) is 12.8. The Morgan fingerprint density at radius 3 is 2.95 bits per heavy atom. The largest absolute Gasteiger partial charge is 0.374 e. The van der Waals surface area contributed by atoms with Crippen molar-refractivity contribution in [2.75, 3.05) is 32.8 Å². The summed E-state index contributed by atoms with van der Waals surface area (Å²) in [7, 11) is 0. The van der Waals surface area contributed by atoms with Gasteiger partial charge in [-0.05, 0) is 25.3 Å². The standard InChI is InChI=1S/C15H29N3O2/c1-3-18-7-8-20-12(10-18)9-17-15(19)14-11(2)5-4-6-13(14)16/h11-14H,3-10,16H2,1-2H3,(H,17,19). The van der Waals surface area contributed by atoms with Crippen molar-refractivity contribution in [3.63, 3.8) is 0 Å². The average Bonchev–Trinajstić information content (AvgIpc) is 2.45. The van der Waals surface area contributed by atoms with Gasteiger partial charge < -0.3 is 15.8 Å². The fourth-order valence-corrected chi connectivity index (χ4v) is 3.43. The molecular weight excluding hydrogens is 254 g/mol. The molecule has 0 bridgehead atoms. The van der Waals surface area contributed by atoms with E-state index in [9.17, 15) is 4.79 Å². The van der Waals surface area contributed by atoms with E-state index in [1.54, 1.807) is 0 Å². The first-order valence-electron chi connectivity index (χ1n) is 7.99. The highest BCUT2D eigenvalue weighted by Crippen LogP contribution is 2.28. The van der Waals surface area contributed by atoms with E-state index in [1.165, 1.54) is 0 Å². The number of carbonyl (C=O) groups excluding carboxylic acids is 1. The summed E-state index contributed by atoms with van der Waals surface area (Å²) in [4.78, 5) is 14.7. The van der Waals surface area contributed by atoms with Gasteiger partial charge in [0.25, 0.3) is 0 Å². The number of hydrogen-bond acceptors (Lipinski definition) is 4. The number of nitrogens with zero attached hydrogens (tertiary/aromatic N) is 1. The summed E-state index contributed by atoms with van der Waals surface area (Å²) in [5.74, 6) is 0.467. The van der Waals surface area contributed by atoms with Crippen molar-refractivity contribution in [2.24, 2.45) is 17.6 Å². The monoisotopic (exact) mass is 283 g/mol. The van der Waals surface area contributed by atoms with Crippen LogP contribution in [0.3, 0.4) is 0 Å². The smallest absolute Gasteiger partial charge is 0.225 e. The van der Waals surface area contributed by atoms with Gasteiger partial charge in [-0.25, -0.2) is 0 Å². The van der Waals surface area contributed by atoms with Crippen LogP contribution in [-0.4, -0.2) is 55.7 Å². The van der Waals surface area contributed by atoms with Crippen molar-refractivity contribution in [3.05, 3.63) is 0 Å². The van der Waals surface area contributed by atoms with Crippen molar-refractivity contribution in [2.45, 2.75) is 45.3 Å². The van der Waals surface area contributed by atoms with Gasteiger partial charge in [-0.3, -0.25) is 9.69 Å². The van der Waals surface area contributed by atoms with Crippen molar-refractivity contribution in [1.82, 2.24) is 10.2 Å². The molecule has 1 heterocycles. The number of morpholine rings is 1. The molecule has 1 saturated heterocycles. The van der Waals surface area contributed by atoms with Gasteiger partial charge in [0.05, 0.1) is 18.6 Å². The second-order valence-electron chi connectivity index (χ2n) is 6.23. The molecule has 1 aliphatic carbocycles. The quantitative estimate of drug-likeness (QED) is 0.792. The molecule has 1 aliphatic heterocycles. The molecule has 1 amide bonds. The van der Waals surface area contributed by atoms with E-state index in [0.29, 0.717) is 12.5 Å².